The molecule has 5 nitrogen and oxygen atoms in total. The second kappa shape index (κ2) is 5.52. The van der Waals surface area contributed by atoms with Crippen molar-refractivity contribution in [2.45, 2.75) is 32.9 Å². The number of nitrogens with one attached hydrogen (secondary N) is 1. The molecule has 0 aliphatic heterocycles. The number of anilines is 1. The minimum absolute atomic E-state index is 0.197. The first-order valence-corrected chi connectivity index (χ1v) is 7.12. The third-order valence-corrected chi connectivity index (χ3v) is 3.78. The van der Waals surface area contributed by atoms with Crippen LogP contribution >= 0.6 is 0 Å². The lowest BCUT2D eigenvalue weighted by atomic mass is 10.1. The summed E-state index contributed by atoms with van der Waals surface area (Å²) in [5.41, 5.74) is 2.12. The first kappa shape index (κ1) is 13.5. The Morgan fingerprint density at radius 3 is 2.71 bits per heavy atom. The Balaban J connectivity index is 1.84. The van der Waals surface area contributed by atoms with Gasteiger partial charge in [0.15, 0.2) is 0 Å². The van der Waals surface area contributed by atoms with Gasteiger partial charge < -0.3 is 5.32 Å². The summed E-state index contributed by atoms with van der Waals surface area (Å²) in [4.78, 5) is 8.66. The fraction of sp³-hybridized carbons (Fsp3) is 0.312. The standard InChI is InChI=1S/C16H19N5/c1-11-8-19-21(9-11)13(3)12(2)20-16-14-6-4-5-7-15(14)17-10-18-16/h4-10,12-13H,1-3H3,(H,17,18,20)/t12-,13-/m1/s1. The molecule has 0 fully saturated rings. The third kappa shape index (κ3) is 2.72. The molecular formula is C16H19N5. The number of aryl methyl sites for hydroxylation is 1. The molecule has 3 rings (SSSR count). The van der Waals surface area contributed by atoms with E-state index in [1.165, 1.54) is 5.56 Å². The molecule has 5 heteroatoms. The molecule has 0 bridgehead atoms. The highest BCUT2D eigenvalue weighted by atomic mass is 15.3. The molecule has 1 aromatic carbocycles. The second-order valence-electron chi connectivity index (χ2n) is 5.41. The lowest BCUT2D eigenvalue weighted by Gasteiger charge is -2.22. The Morgan fingerprint density at radius 2 is 1.95 bits per heavy atom. The fourth-order valence-corrected chi connectivity index (χ4v) is 2.34. The SMILES string of the molecule is Cc1cnn([C@H](C)[C@@H](C)Nc2ncnc3ccccc23)c1. The molecule has 0 saturated carbocycles. The molecule has 0 unspecified atom stereocenters. The number of aromatic nitrogens is 4. The highest BCUT2D eigenvalue weighted by molar-refractivity contribution is 5.88. The van der Waals surface area contributed by atoms with Gasteiger partial charge in [-0.3, -0.25) is 4.68 Å². The number of para-hydroxylation sites is 1. The van der Waals surface area contributed by atoms with Crippen molar-refractivity contribution in [1.82, 2.24) is 19.7 Å². The first-order valence-electron chi connectivity index (χ1n) is 7.12. The van der Waals surface area contributed by atoms with Crippen LogP contribution in [0.2, 0.25) is 0 Å². The monoisotopic (exact) mass is 281 g/mol. The molecule has 2 atom stereocenters. The van der Waals surface area contributed by atoms with E-state index < -0.39 is 0 Å². The quantitative estimate of drug-likeness (QED) is 0.798. The van der Waals surface area contributed by atoms with E-state index in [4.69, 9.17) is 0 Å². The number of benzene rings is 1. The zero-order chi connectivity index (χ0) is 14.8. The van der Waals surface area contributed by atoms with Crippen LogP contribution < -0.4 is 5.32 Å². The van der Waals surface area contributed by atoms with E-state index in [1.54, 1.807) is 6.33 Å². The Bertz CT molecular complexity index is 744. The summed E-state index contributed by atoms with van der Waals surface area (Å²) < 4.78 is 1.98. The second-order valence-corrected chi connectivity index (χ2v) is 5.41. The minimum Gasteiger partial charge on any atom is -0.365 e. The molecular weight excluding hydrogens is 262 g/mol. The largest absolute Gasteiger partial charge is 0.365 e. The van der Waals surface area contributed by atoms with Crippen LogP contribution in [0.1, 0.15) is 25.5 Å². The third-order valence-electron chi connectivity index (χ3n) is 3.78. The van der Waals surface area contributed by atoms with Crippen LogP contribution in [0.4, 0.5) is 5.82 Å². The Kier molecular flexibility index (Phi) is 3.56. The van der Waals surface area contributed by atoms with Gasteiger partial charge in [0.25, 0.3) is 0 Å². The van der Waals surface area contributed by atoms with E-state index in [-0.39, 0.29) is 12.1 Å². The molecule has 3 aromatic rings. The summed E-state index contributed by atoms with van der Waals surface area (Å²) in [5, 5.41) is 8.90. The number of hydrogen-bond acceptors (Lipinski definition) is 4. The van der Waals surface area contributed by atoms with Gasteiger partial charge in [0.1, 0.15) is 12.1 Å². The zero-order valence-corrected chi connectivity index (χ0v) is 12.5. The predicted molar refractivity (Wildman–Crippen MR) is 84.3 cm³/mol. The lowest BCUT2D eigenvalue weighted by Crippen LogP contribution is -2.27. The van der Waals surface area contributed by atoms with Crippen LogP contribution in [0.3, 0.4) is 0 Å². The van der Waals surface area contributed by atoms with Gasteiger partial charge in [0, 0.05) is 17.6 Å². The van der Waals surface area contributed by atoms with Gasteiger partial charge in [-0.2, -0.15) is 5.10 Å². The number of nitrogens with zero attached hydrogens (tertiary/aromatic N) is 4. The highest BCUT2D eigenvalue weighted by Crippen LogP contribution is 2.21. The van der Waals surface area contributed by atoms with Crippen molar-refractivity contribution in [3.63, 3.8) is 0 Å². The van der Waals surface area contributed by atoms with Crippen LogP contribution in [0, 0.1) is 6.92 Å². The molecule has 0 saturated heterocycles. The first-order chi connectivity index (χ1) is 10.1. The maximum absolute atomic E-state index is 4.38. The van der Waals surface area contributed by atoms with Gasteiger partial charge in [0.05, 0.1) is 17.8 Å². The molecule has 2 heterocycles. The molecule has 2 aromatic heterocycles. The Labute approximate surface area is 124 Å². The van der Waals surface area contributed by atoms with Crippen LogP contribution in [-0.2, 0) is 0 Å². The molecule has 21 heavy (non-hydrogen) atoms. The van der Waals surface area contributed by atoms with Gasteiger partial charge in [-0.1, -0.05) is 12.1 Å². The topological polar surface area (TPSA) is 55.6 Å². The fourth-order valence-electron chi connectivity index (χ4n) is 2.34. The summed E-state index contributed by atoms with van der Waals surface area (Å²) in [7, 11) is 0. The van der Waals surface area contributed by atoms with Crippen molar-refractivity contribution in [2.75, 3.05) is 5.32 Å². The normalized spacial score (nSPS) is 14.0. The van der Waals surface area contributed by atoms with Crippen molar-refractivity contribution in [1.29, 1.82) is 0 Å². The Morgan fingerprint density at radius 1 is 1.14 bits per heavy atom. The van der Waals surface area contributed by atoms with Gasteiger partial charge in [-0.05, 0) is 38.5 Å². The lowest BCUT2D eigenvalue weighted by molar-refractivity contribution is 0.443. The Hall–Kier alpha value is -2.43. The number of hydrogen-bond donors (Lipinski definition) is 1. The molecule has 0 aliphatic carbocycles. The van der Waals surface area contributed by atoms with Crippen molar-refractivity contribution < 1.29 is 0 Å². The number of fused-ring (bicyclic) bond motifs is 1. The minimum atomic E-state index is 0.197. The van der Waals surface area contributed by atoms with Crippen LogP contribution in [0.25, 0.3) is 10.9 Å². The van der Waals surface area contributed by atoms with Gasteiger partial charge >= 0.3 is 0 Å². The van der Waals surface area contributed by atoms with Gasteiger partial charge in [-0.15, -0.1) is 0 Å². The van der Waals surface area contributed by atoms with Gasteiger partial charge in [-0.25, -0.2) is 9.97 Å². The highest BCUT2D eigenvalue weighted by Gasteiger charge is 2.16. The molecule has 0 aliphatic rings. The average molecular weight is 281 g/mol. The van der Waals surface area contributed by atoms with E-state index in [0.29, 0.717) is 0 Å². The number of rotatable bonds is 4. The molecule has 108 valence electrons. The summed E-state index contributed by atoms with van der Waals surface area (Å²) >= 11 is 0. The van der Waals surface area contributed by atoms with Crippen LogP contribution in [0.15, 0.2) is 43.0 Å². The summed E-state index contributed by atoms with van der Waals surface area (Å²) in [5.74, 6) is 0.865. The van der Waals surface area contributed by atoms with E-state index in [9.17, 15) is 0 Å². The van der Waals surface area contributed by atoms with Gasteiger partial charge in [0.2, 0.25) is 0 Å². The zero-order valence-electron chi connectivity index (χ0n) is 12.5. The molecule has 0 spiro atoms. The molecule has 0 radical (unpaired) electrons. The van der Waals surface area contributed by atoms with Crippen LogP contribution in [-0.4, -0.2) is 25.8 Å². The van der Waals surface area contributed by atoms with Crippen molar-refractivity contribution >= 4 is 16.7 Å². The summed E-state index contributed by atoms with van der Waals surface area (Å²) in [6.45, 7) is 6.33. The maximum atomic E-state index is 4.38. The maximum Gasteiger partial charge on any atom is 0.137 e. The average Bonchev–Trinajstić information content (AvgIpc) is 2.93. The summed E-state index contributed by atoms with van der Waals surface area (Å²) in [6, 6.07) is 8.44. The molecule has 0 amide bonds. The smallest absolute Gasteiger partial charge is 0.137 e. The van der Waals surface area contributed by atoms with Crippen molar-refractivity contribution in [2.24, 2.45) is 0 Å². The summed E-state index contributed by atoms with van der Waals surface area (Å²) in [6.07, 6.45) is 5.53. The molecule has 1 N–H and O–H groups in total. The van der Waals surface area contributed by atoms with E-state index >= 15 is 0 Å². The van der Waals surface area contributed by atoms with Crippen molar-refractivity contribution in [3.8, 4) is 0 Å². The van der Waals surface area contributed by atoms with Crippen molar-refractivity contribution in [3.05, 3.63) is 48.5 Å². The van der Waals surface area contributed by atoms with Crippen LogP contribution in [0.5, 0.6) is 0 Å². The van der Waals surface area contributed by atoms with E-state index in [1.807, 2.05) is 42.1 Å². The van der Waals surface area contributed by atoms with E-state index in [2.05, 4.69) is 40.4 Å². The van der Waals surface area contributed by atoms with E-state index in [0.717, 1.165) is 16.7 Å². The predicted octanol–water partition coefficient (Wildman–Crippen LogP) is 3.20.